The number of carbonyl (C=O) groups excluding carboxylic acids is 1. The molecule has 1 amide bonds. The van der Waals surface area contributed by atoms with Crippen molar-refractivity contribution in [3.8, 4) is 0 Å². The van der Waals surface area contributed by atoms with Crippen LogP contribution in [0.2, 0.25) is 0 Å². The summed E-state index contributed by atoms with van der Waals surface area (Å²) in [6.45, 7) is 7.89. The van der Waals surface area contributed by atoms with Crippen LogP contribution in [-0.2, 0) is 6.54 Å². The van der Waals surface area contributed by atoms with Gasteiger partial charge in [0, 0.05) is 30.7 Å². The van der Waals surface area contributed by atoms with Crippen LogP contribution in [0.15, 0.2) is 24.3 Å². The second-order valence-electron chi connectivity index (χ2n) is 7.14. The Balaban J connectivity index is 1.63. The van der Waals surface area contributed by atoms with E-state index >= 15 is 0 Å². The van der Waals surface area contributed by atoms with Crippen LogP contribution in [0, 0.1) is 5.92 Å². The zero-order valence-corrected chi connectivity index (χ0v) is 14.4. The van der Waals surface area contributed by atoms with Crippen molar-refractivity contribution in [2.45, 2.75) is 51.7 Å². The zero-order chi connectivity index (χ0) is 16.4. The minimum atomic E-state index is 0.148. The van der Waals surface area contributed by atoms with Crippen molar-refractivity contribution in [2.24, 2.45) is 11.7 Å². The summed E-state index contributed by atoms with van der Waals surface area (Å²) >= 11 is 0. The Morgan fingerprint density at radius 2 is 2.00 bits per heavy atom. The number of hydrogen-bond donors (Lipinski definition) is 1. The van der Waals surface area contributed by atoms with Gasteiger partial charge in [-0.1, -0.05) is 19.1 Å². The minimum absolute atomic E-state index is 0.148. The Morgan fingerprint density at radius 3 is 2.52 bits per heavy atom. The van der Waals surface area contributed by atoms with Crippen molar-refractivity contribution in [3.63, 3.8) is 0 Å². The van der Waals surface area contributed by atoms with Crippen LogP contribution in [0.3, 0.4) is 0 Å². The molecule has 1 aromatic carbocycles. The molecule has 0 aromatic heterocycles. The molecule has 1 aliphatic heterocycles. The Morgan fingerprint density at radius 1 is 1.30 bits per heavy atom. The van der Waals surface area contributed by atoms with Crippen molar-refractivity contribution in [1.82, 2.24) is 9.80 Å². The van der Waals surface area contributed by atoms with E-state index in [2.05, 4.69) is 30.9 Å². The highest BCUT2D eigenvalue weighted by molar-refractivity contribution is 5.94. The first-order chi connectivity index (χ1) is 11.1. The molecule has 0 spiro atoms. The largest absolute Gasteiger partial charge is 0.336 e. The third-order valence-electron chi connectivity index (χ3n) is 5.31. The molecule has 1 saturated carbocycles. The van der Waals surface area contributed by atoms with Crippen LogP contribution in [0.5, 0.6) is 0 Å². The molecule has 4 heteroatoms. The summed E-state index contributed by atoms with van der Waals surface area (Å²) in [5.74, 6) is 0.597. The van der Waals surface area contributed by atoms with Gasteiger partial charge < -0.3 is 10.6 Å². The van der Waals surface area contributed by atoms with Gasteiger partial charge in [0.1, 0.15) is 0 Å². The van der Waals surface area contributed by atoms with Crippen molar-refractivity contribution < 1.29 is 4.79 Å². The third kappa shape index (κ3) is 3.75. The number of rotatable bonds is 6. The molecular weight excluding hydrogens is 286 g/mol. The molecule has 3 rings (SSSR count). The molecule has 2 fully saturated rings. The van der Waals surface area contributed by atoms with E-state index in [0.29, 0.717) is 18.5 Å². The van der Waals surface area contributed by atoms with Crippen LogP contribution in [0.4, 0.5) is 0 Å². The van der Waals surface area contributed by atoms with E-state index in [1.165, 1.54) is 18.4 Å². The van der Waals surface area contributed by atoms with Crippen molar-refractivity contribution in [2.75, 3.05) is 19.6 Å². The van der Waals surface area contributed by atoms with E-state index in [4.69, 9.17) is 5.73 Å². The molecule has 23 heavy (non-hydrogen) atoms. The first kappa shape index (κ1) is 16.5. The highest BCUT2D eigenvalue weighted by Crippen LogP contribution is 2.28. The predicted molar refractivity (Wildman–Crippen MR) is 93.2 cm³/mol. The Hall–Kier alpha value is -1.39. The van der Waals surface area contributed by atoms with Crippen molar-refractivity contribution >= 4 is 5.91 Å². The minimum Gasteiger partial charge on any atom is -0.336 e. The van der Waals surface area contributed by atoms with E-state index in [-0.39, 0.29) is 5.91 Å². The highest BCUT2D eigenvalue weighted by atomic mass is 16.2. The first-order valence-corrected chi connectivity index (χ1v) is 8.96. The summed E-state index contributed by atoms with van der Waals surface area (Å²) in [4.78, 5) is 17.2. The van der Waals surface area contributed by atoms with Crippen LogP contribution >= 0.6 is 0 Å². The molecule has 0 radical (unpaired) electrons. The van der Waals surface area contributed by atoms with Crippen LogP contribution in [0.25, 0.3) is 0 Å². The van der Waals surface area contributed by atoms with Gasteiger partial charge in [-0.2, -0.15) is 0 Å². The highest BCUT2D eigenvalue weighted by Gasteiger charge is 2.32. The van der Waals surface area contributed by atoms with Crippen molar-refractivity contribution in [1.29, 1.82) is 0 Å². The fourth-order valence-corrected chi connectivity index (χ4v) is 3.69. The Bertz CT molecular complexity index is 538. The summed E-state index contributed by atoms with van der Waals surface area (Å²) in [6.07, 6.45) is 3.69. The molecule has 4 nitrogen and oxygen atoms in total. The fourth-order valence-electron chi connectivity index (χ4n) is 3.69. The van der Waals surface area contributed by atoms with Gasteiger partial charge in [-0.15, -0.1) is 0 Å². The van der Waals surface area contributed by atoms with Crippen LogP contribution in [0.1, 0.15) is 49.0 Å². The molecule has 2 atom stereocenters. The van der Waals surface area contributed by atoms with E-state index in [0.717, 1.165) is 37.7 Å². The topological polar surface area (TPSA) is 49.6 Å². The van der Waals surface area contributed by atoms with Gasteiger partial charge in [0.15, 0.2) is 0 Å². The van der Waals surface area contributed by atoms with Crippen LogP contribution < -0.4 is 5.73 Å². The number of amides is 1. The number of hydrogen-bond acceptors (Lipinski definition) is 3. The SMILES string of the molecule is CCN(Cc1ccc(C(=O)N2CC(CN)CC2C)cc1)C1CC1. The molecule has 2 unspecified atom stereocenters. The number of nitrogens with two attached hydrogens (primary N) is 1. The quantitative estimate of drug-likeness (QED) is 0.877. The predicted octanol–water partition coefficient (Wildman–Crippen LogP) is 2.48. The van der Waals surface area contributed by atoms with Gasteiger partial charge in [-0.25, -0.2) is 0 Å². The molecule has 2 aliphatic rings. The molecule has 1 saturated heterocycles. The third-order valence-corrected chi connectivity index (χ3v) is 5.31. The molecule has 1 aliphatic carbocycles. The van der Waals surface area contributed by atoms with E-state index in [1.807, 2.05) is 17.0 Å². The lowest BCUT2D eigenvalue weighted by molar-refractivity contribution is 0.0743. The molecule has 1 aromatic rings. The van der Waals surface area contributed by atoms with E-state index in [9.17, 15) is 4.79 Å². The zero-order valence-electron chi connectivity index (χ0n) is 14.4. The van der Waals surface area contributed by atoms with Crippen LogP contribution in [-0.4, -0.2) is 47.4 Å². The van der Waals surface area contributed by atoms with Gasteiger partial charge in [0.05, 0.1) is 0 Å². The molecule has 1 heterocycles. The van der Waals surface area contributed by atoms with Gasteiger partial charge in [-0.05, 0) is 62.9 Å². The lowest BCUT2D eigenvalue weighted by atomic mass is 10.1. The lowest BCUT2D eigenvalue weighted by Gasteiger charge is -2.22. The molecule has 2 N–H and O–H groups in total. The maximum Gasteiger partial charge on any atom is 0.254 e. The average molecular weight is 315 g/mol. The Kier molecular flexibility index (Phi) is 5.02. The fraction of sp³-hybridized carbons (Fsp3) is 0.632. The smallest absolute Gasteiger partial charge is 0.254 e. The lowest BCUT2D eigenvalue weighted by Crippen LogP contribution is -2.34. The van der Waals surface area contributed by atoms with Gasteiger partial charge >= 0.3 is 0 Å². The average Bonchev–Trinajstić information content (AvgIpc) is 3.34. The van der Waals surface area contributed by atoms with Gasteiger partial charge in [0.2, 0.25) is 0 Å². The maximum absolute atomic E-state index is 12.7. The van der Waals surface area contributed by atoms with Gasteiger partial charge in [0.25, 0.3) is 5.91 Å². The number of likely N-dealkylation sites (tertiary alicyclic amines) is 1. The second-order valence-corrected chi connectivity index (χ2v) is 7.14. The molecular formula is C19H29N3O. The molecule has 0 bridgehead atoms. The number of carbonyl (C=O) groups is 1. The van der Waals surface area contributed by atoms with E-state index in [1.54, 1.807) is 0 Å². The molecule has 126 valence electrons. The monoisotopic (exact) mass is 315 g/mol. The second kappa shape index (κ2) is 7.02. The summed E-state index contributed by atoms with van der Waals surface area (Å²) < 4.78 is 0. The number of benzene rings is 1. The summed E-state index contributed by atoms with van der Waals surface area (Å²) in [6, 6.07) is 9.27. The summed E-state index contributed by atoms with van der Waals surface area (Å²) in [5.41, 5.74) is 7.86. The first-order valence-electron chi connectivity index (χ1n) is 8.96. The summed E-state index contributed by atoms with van der Waals surface area (Å²) in [5, 5.41) is 0. The standard InChI is InChI=1S/C19H29N3O/c1-3-21(18-8-9-18)12-15-4-6-17(7-5-15)19(23)22-13-16(11-20)10-14(22)2/h4-7,14,16,18H,3,8-13,20H2,1-2H3. The Labute approximate surface area is 139 Å². The summed E-state index contributed by atoms with van der Waals surface area (Å²) in [7, 11) is 0. The van der Waals surface area contributed by atoms with Gasteiger partial charge in [-0.3, -0.25) is 9.69 Å². The number of nitrogens with zero attached hydrogens (tertiary/aromatic N) is 2. The maximum atomic E-state index is 12.7. The normalized spacial score (nSPS) is 24.4. The van der Waals surface area contributed by atoms with Crippen molar-refractivity contribution in [3.05, 3.63) is 35.4 Å². The van der Waals surface area contributed by atoms with E-state index < -0.39 is 0 Å².